The number of nitrogens with one attached hydrogen (secondary N) is 1. The molecule has 0 saturated heterocycles. The van der Waals surface area contributed by atoms with E-state index < -0.39 is 0 Å². The Labute approximate surface area is 81.6 Å². The van der Waals surface area contributed by atoms with E-state index in [1.165, 1.54) is 38.9 Å². The number of quaternary nitrogens is 1. The maximum absolute atomic E-state index is 8.24. The molecule has 1 N–H and O–H groups in total. The van der Waals surface area contributed by atoms with E-state index >= 15 is 0 Å². The van der Waals surface area contributed by atoms with Crippen molar-refractivity contribution in [2.24, 2.45) is 0 Å². The summed E-state index contributed by atoms with van der Waals surface area (Å²) in [4.78, 5) is 10.0. The molecule has 0 aromatic heterocycles. The topological polar surface area (TPSA) is 43.8 Å². The smallest absolute Gasteiger partial charge is 0.0768 e. The SMILES string of the molecule is CCC[NH+](CCC)CCC.[N-]=C=O. The fourth-order valence-electron chi connectivity index (χ4n) is 1.44. The van der Waals surface area contributed by atoms with Gasteiger partial charge in [0.05, 0.1) is 19.6 Å². The Morgan fingerprint density at radius 3 is 1.38 bits per heavy atom. The Balaban J connectivity index is 0. The van der Waals surface area contributed by atoms with Crippen LogP contribution in [0.3, 0.4) is 0 Å². The van der Waals surface area contributed by atoms with Crippen molar-refractivity contribution in [3.63, 3.8) is 0 Å². The molecule has 3 heteroatoms. The lowest BCUT2D eigenvalue weighted by atomic mass is 10.3. The Bertz CT molecular complexity index is 106. The molecule has 0 fully saturated rings. The Morgan fingerprint density at radius 2 is 1.23 bits per heavy atom. The van der Waals surface area contributed by atoms with Crippen LogP contribution in [0.4, 0.5) is 0 Å². The normalized spacial score (nSPS) is 8.92. The predicted molar refractivity (Wildman–Crippen MR) is 55.5 cm³/mol. The number of rotatable bonds is 6. The molecule has 0 rings (SSSR count). The summed E-state index contributed by atoms with van der Waals surface area (Å²) in [5, 5.41) is 6.76. The second kappa shape index (κ2) is 13.9. The van der Waals surface area contributed by atoms with E-state index in [0.717, 1.165) is 0 Å². The van der Waals surface area contributed by atoms with Crippen molar-refractivity contribution in [2.45, 2.75) is 40.0 Å². The van der Waals surface area contributed by atoms with Crippen molar-refractivity contribution < 1.29 is 9.69 Å². The van der Waals surface area contributed by atoms with Crippen LogP contribution in [0.25, 0.3) is 5.41 Å². The molecule has 0 heterocycles. The highest BCUT2D eigenvalue weighted by atomic mass is 16.1. The van der Waals surface area contributed by atoms with Crippen molar-refractivity contribution in [1.29, 1.82) is 0 Å². The van der Waals surface area contributed by atoms with Crippen LogP contribution in [-0.4, -0.2) is 25.7 Å². The summed E-state index contributed by atoms with van der Waals surface area (Å²) >= 11 is 0. The van der Waals surface area contributed by atoms with E-state index in [1.807, 2.05) is 0 Å². The van der Waals surface area contributed by atoms with Crippen LogP contribution in [0.2, 0.25) is 0 Å². The molecule has 0 atom stereocenters. The minimum atomic E-state index is 0.500. The molecule has 78 valence electrons. The van der Waals surface area contributed by atoms with Gasteiger partial charge in [0, 0.05) is 0 Å². The number of nitrogens with zero attached hydrogens (tertiary/aromatic N) is 1. The molecule has 0 spiro atoms. The lowest BCUT2D eigenvalue weighted by Gasteiger charge is -2.16. The summed E-state index contributed by atoms with van der Waals surface area (Å²) in [6, 6.07) is 0. The first kappa shape index (κ1) is 14.8. The summed E-state index contributed by atoms with van der Waals surface area (Å²) in [5.41, 5.74) is 0. The third-order valence-corrected chi connectivity index (χ3v) is 1.81. The number of hydrogen-bond acceptors (Lipinski definition) is 1. The maximum atomic E-state index is 8.24. The van der Waals surface area contributed by atoms with E-state index in [2.05, 4.69) is 20.8 Å². The second-order valence-electron chi connectivity index (χ2n) is 3.09. The lowest BCUT2D eigenvalue weighted by Crippen LogP contribution is -3.11. The van der Waals surface area contributed by atoms with Crippen molar-refractivity contribution in [2.75, 3.05) is 19.6 Å². The van der Waals surface area contributed by atoms with Gasteiger partial charge in [-0.2, -0.15) is 0 Å². The highest BCUT2D eigenvalue weighted by Crippen LogP contribution is 1.71. The van der Waals surface area contributed by atoms with Gasteiger partial charge < -0.3 is 10.3 Å². The van der Waals surface area contributed by atoms with E-state index in [0.29, 0.717) is 6.08 Å². The quantitative estimate of drug-likeness (QED) is 0.488. The first-order valence-electron chi connectivity index (χ1n) is 5.11. The number of carbonyl (C=O) groups excluding carboxylic acids is 1. The summed E-state index contributed by atoms with van der Waals surface area (Å²) in [6.07, 6.45) is 4.49. The molecule has 0 radical (unpaired) electrons. The third kappa shape index (κ3) is 14.2. The molecule has 0 unspecified atom stereocenters. The van der Waals surface area contributed by atoms with Gasteiger partial charge in [-0.3, -0.25) is 4.79 Å². The average Bonchev–Trinajstić information content (AvgIpc) is 2.07. The van der Waals surface area contributed by atoms with Gasteiger partial charge in [-0.1, -0.05) is 20.8 Å². The molecule has 0 bridgehead atoms. The number of isocyanates is 1. The molecule has 0 saturated carbocycles. The monoisotopic (exact) mass is 186 g/mol. The molecular weight excluding hydrogens is 164 g/mol. The first-order valence-corrected chi connectivity index (χ1v) is 5.11. The van der Waals surface area contributed by atoms with E-state index in [4.69, 9.17) is 10.2 Å². The molecule has 0 aliphatic carbocycles. The zero-order valence-electron chi connectivity index (χ0n) is 9.10. The fourth-order valence-corrected chi connectivity index (χ4v) is 1.44. The standard InChI is InChI=1S/C9H21N.CNO/c1-4-7-10(8-5-2)9-6-3;2-1-3/h4-9H2,1-3H3;/q;-1/p+1. The molecule has 13 heavy (non-hydrogen) atoms. The highest BCUT2D eigenvalue weighted by Gasteiger charge is 2.01. The van der Waals surface area contributed by atoms with Crippen LogP contribution < -0.4 is 4.90 Å². The van der Waals surface area contributed by atoms with Crippen molar-refractivity contribution in [1.82, 2.24) is 0 Å². The van der Waals surface area contributed by atoms with Crippen molar-refractivity contribution in [3.8, 4) is 0 Å². The highest BCUT2D eigenvalue weighted by molar-refractivity contribution is 5.36. The first-order chi connectivity index (χ1) is 6.26. The number of hydrogen-bond donors (Lipinski definition) is 1. The predicted octanol–water partition coefficient (Wildman–Crippen LogP) is 0.993. The third-order valence-electron chi connectivity index (χ3n) is 1.81. The lowest BCUT2D eigenvalue weighted by molar-refractivity contribution is -0.900. The van der Waals surface area contributed by atoms with Crippen molar-refractivity contribution >= 4 is 6.08 Å². The Hall–Kier alpha value is -0.660. The van der Waals surface area contributed by atoms with E-state index in [-0.39, 0.29) is 0 Å². The van der Waals surface area contributed by atoms with E-state index in [9.17, 15) is 0 Å². The van der Waals surface area contributed by atoms with Crippen LogP contribution >= 0.6 is 0 Å². The van der Waals surface area contributed by atoms with Gasteiger partial charge in [0.15, 0.2) is 0 Å². The Kier molecular flexibility index (Phi) is 15.9. The summed E-state index contributed by atoms with van der Waals surface area (Å²) < 4.78 is 0. The van der Waals surface area contributed by atoms with Crippen LogP contribution in [-0.2, 0) is 4.79 Å². The molecule has 0 aliphatic rings. The molecule has 0 amide bonds. The minimum Gasteiger partial charge on any atom is -0.724 e. The van der Waals surface area contributed by atoms with Crippen LogP contribution in [0.15, 0.2) is 0 Å². The Morgan fingerprint density at radius 1 is 1.00 bits per heavy atom. The van der Waals surface area contributed by atoms with Gasteiger partial charge in [0.1, 0.15) is 0 Å². The van der Waals surface area contributed by atoms with Crippen LogP contribution in [0, 0.1) is 0 Å². The second-order valence-corrected chi connectivity index (χ2v) is 3.09. The molecule has 0 aliphatic heterocycles. The largest absolute Gasteiger partial charge is 0.724 e. The molecule has 3 nitrogen and oxygen atoms in total. The summed E-state index contributed by atoms with van der Waals surface area (Å²) in [7, 11) is 0. The summed E-state index contributed by atoms with van der Waals surface area (Å²) in [5.74, 6) is 0. The summed E-state index contributed by atoms with van der Waals surface area (Å²) in [6.45, 7) is 10.9. The zero-order chi connectivity index (χ0) is 10.5. The van der Waals surface area contributed by atoms with Gasteiger partial charge in [-0.15, -0.1) is 0 Å². The van der Waals surface area contributed by atoms with Gasteiger partial charge in [-0.25, -0.2) is 0 Å². The van der Waals surface area contributed by atoms with Gasteiger partial charge in [-0.05, 0) is 25.3 Å². The van der Waals surface area contributed by atoms with E-state index in [1.54, 1.807) is 4.90 Å². The fraction of sp³-hybridized carbons (Fsp3) is 0.900. The molecule has 0 aromatic carbocycles. The molecule has 0 aromatic rings. The van der Waals surface area contributed by atoms with Crippen molar-refractivity contribution in [3.05, 3.63) is 5.41 Å². The minimum absolute atomic E-state index is 0.500. The van der Waals surface area contributed by atoms with Crippen LogP contribution in [0.5, 0.6) is 0 Å². The zero-order valence-corrected chi connectivity index (χ0v) is 9.10. The van der Waals surface area contributed by atoms with Crippen LogP contribution in [0.1, 0.15) is 40.0 Å². The van der Waals surface area contributed by atoms with Gasteiger partial charge >= 0.3 is 0 Å². The average molecular weight is 186 g/mol. The molecular formula is C10H22N2O. The van der Waals surface area contributed by atoms with Gasteiger partial charge in [0.2, 0.25) is 0 Å². The maximum Gasteiger partial charge on any atom is 0.0768 e. The van der Waals surface area contributed by atoms with Gasteiger partial charge in [0.25, 0.3) is 0 Å².